The molecular formula is C15H18N2. The number of aromatic nitrogens is 1. The van der Waals surface area contributed by atoms with Crippen molar-refractivity contribution in [2.45, 2.75) is 19.9 Å². The number of benzene rings is 1. The van der Waals surface area contributed by atoms with Gasteiger partial charge in [0.25, 0.3) is 0 Å². The summed E-state index contributed by atoms with van der Waals surface area (Å²) in [7, 11) is 0. The summed E-state index contributed by atoms with van der Waals surface area (Å²) in [4.78, 5) is 4.10. The highest BCUT2D eigenvalue weighted by molar-refractivity contribution is 5.21. The topological polar surface area (TPSA) is 24.9 Å². The van der Waals surface area contributed by atoms with Crippen LogP contribution in [0.2, 0.25) is 0 Å². The molecule has 2 heteroatoms. The predicted octanol–water partition coefficient (Wildman–Crippen LogP) is 2.72. The Morgan fingerprint density at radius 2 is 1.88 bits per heavy atom. The highest BCUT2D eigenvalue weighted by atomic mass is 14.8. The van der Waals surface area contributed by atoms with Gasteiger partial charge < -0.3 is 5.32 Å². The van der Waals surface area contributed by atoms with E-state index in [4.69, 9.17) is 0 Å². The van der Waals surface area contributed by atoms with Crippen molar-refractivity contribution in [1.82, 2.24) is 10.3 Å². The monoisotopic (exact) mass is 226 g/mol. The Labute approximate surface area is 103 Å². The molecule has 17 heavy (non-hydrogen) atoms. The number of hydrogen-bond donors (Lipinski definition) is 1. The fourth-order valence-electron chi connectivity index (χ4n) is 1.72. The van der Waals surface area contributed by atoms with Gasteiger partial charge in [0.15, 0.2) is 0 Å². The Kier molecular flexibility index (Phi) is 4.28. The Hall–Kier alpha value is -1.67. The van der Waals surface area contributed by atoms with Crippen LogP contribution in [0.15, 0.2) is 48.8 Å². The summed E-state index contributed by atoms with van der Waals surface area (Å²) in [6, 6.07) is 12.7. The molecule has 0 radical (unpaired) electrons. The van der Waals surface area contributed by atoms with E-state index in [-0.39, 0.29) is 0 Å². The lowest BCUT2D eigenvalue weighted by Gasteiger charge is -2.05. The van der Waals surface area contributed by atoms with Crippen LogP contribution in [0.1, 0.15) is 16.7 Å². The van der Waals surface area contributed by atoms with Crippen molar-refractivity contribution in [3.63, 3.8) is 0 Å². The number of hydrogen-bond acceptors (Lipinski definition) is 2. The summed E-state index contributed by atoms with van der Waals surface area (Å²) < 4.78 is 0. The number of aryl methyl sites for hydroxylation is 1. The fraction of sp³-hybridized carbons (Fsp3) is 0.267. The minimum atomic E-state index is 0.931. The van der Waals surface area contributed by atoms with Crippen molar-refractivity contribution < 1.29 is 0 Å². The van der Waals surface area contributed by atoms with Gasteiger partial charge in [0.05, 0.1) is 0 Å². The van der Waals surface area contributed by atoms with Crippen molar-refractivity contribution >= 4 is 0 Å². The molecule has 0 bridgehead atoms. The molecule has 1 heterocycles. The number of pyridine rings is 1. The second kappa shape index (κ2) is 6.16. The number of nitrogens with zero attached hydrogens (tertiary/aromatic N) is 1. The summed E-state index contributed by atoms with van der Waals surface area (Å²) in [5.74, 6) is 0. The van der Waals surface area contributed by atoms with Crippen LogP contribution in [0.4, 0.5) is 0 Å². The average Bonchev–Trinajstić information content (AvgIpc) is 2.38. The zero-order chi connectivity index (χ0) is 11.9. The van der Waals surface area contributed by atoms with Gasteiger partial charge in [0.1, 0.15) is 0 Å². The lowest BCUT2D eigenvalue weighted by molar-refractivity contribution is 0.686. The second-order valence-electron chi connectivity index (χ2n) is 4.27. The van der Waals surface area contributed by atoms with Crippen molar-refractivity contribution in [3.8, 4) is 0 Å². The average molecular weight is 226 g/mol. The molecule has 0 saturated heterocycles. The smallest absolute Gasteiger partial charge is 0.0300 e. The van der Waals surface area contributed by atoms with Crippen LogP contribution >= 0.6 is 0 Å². The van der Waals surface area contributed by atoms with Gasteiger partial charge in [0, 0.05) is 18.9 Å². The van der Waals surface area contributed by atoms with E-state index in [1.54, 1.807) is 0 Å². The molecule has 2 rings (SSSR count). The van der Waals surface area contributed by atoms with Crippen molar-refractivity contribution in [1.29, 1.82) is 0 Å². The van der Waals surface area contributed by atoms with Gasteiger partial charge >= 0.3 is 0 Å². The molecule has 2 aromatic rings. The van der Waals surface area contributed by atoms with E-state index in [1.807, 2.05) is 18.5 Å². The zero-order valence-corrected chi connectivity index (χ0v) is 10.2. The van der Waals surface area contributed by atoms with E-state index in [2.05, 4.69) is 47.6 Å². The minimum absolute atomic E-state index is 0.931. The molecule has 0 aliphatic heterocycles. The normalized spacial score (nSPS) is 10.4. The molecule has 0 aliphatic rings. The predicted molar refractivity (Wildman–Crippen MR) is 70.8 cm³/mol. The van der Waals surface area contributed by atoms with Gasteiger partial charge in [-0.05, 0) is 37.1 Å². The number of rotatable bonds is 5. The first-order valence-electron chi connectivity index (χ1n) is 6.00. The third-order valence-corrected chi connectivity index (χ3v) is 2.76. The van der Waals surface area contributed by atoms with Crippen LogP contribution in [0.3, 0.4) is 0 Å². The Morgan fingerprint density at radius 1 is 1.06 bits per heavy atom. The van der Waals surface area contributed by atoms with E-state index in [0.717, 1.165) is 19.5 Å². The standard InChI is InChI=1S/C15H18N2/c1-13-4-6-15(7-5-13)12-17-10-8-14-3-2-9-16-11-14/h2-7,9,11,17H,8,10,12H2,1H3. The Bertz CT molecular complexity index is 434. The minimum Gasteiger partial charge on any atom is -0.312 e. The maximum absolute atomic E-state index is 4.10. The maximum Gasteiger partial charge on any atom is 0.0300 e. The summed E-state index contributed by atoms with van der Waals surface area (Å²) in [6.07, 6.45) is 4.76. The SMILES string of the molecule is Cc1ccc(CNCCc2cccnc2)cc1. The summed E-state index contributed by atoms with van der Waals surface area (Å²) >= 11 is 0. The quantitative estimate of drug-likeness (QED) is 0.793. The van der Waals surface area contributed by atoms with Crippen LogP contribution < -0.4 is 5.32 Å². The molecule has 0 aliphatic carbocycles. The molecule has 0 unspecified atom stereocenters. The van der Waals surface area contributed by atoms with Gasteiger partial charge in [-0.1, -0.05) is 35.9 Å². The van der Waals surface area contributed by atoms with E-state index in [1.165, 1.54) is 16.7 Å². The van der Waals surface area contributed by atoms with Crippen LogP contribution in [0.5, 0.6) is 0 Å². The molecule has 0 fully saturated rings. The van der Waals surface area contributed by atoms with Crippen LogP contribution in [-0.4, -0.2) is 11.5 Å². The molecular weight excluding hydrogens is 208 g/mol. The highest BCUT2D eigenvalue weighted by Gasteiger charge is 1.94. The van der Waals surface area contributed by atoms with Gasteiger partial charge in [-0.25, -0.2) is 0 Å². The van der Waals surface area contributed by atoms with Gasteiger partial charge in [0.2, 0.25) is 0 Å². The largest absolute Gasteiger partial charge is 0.312 e. The molecule has 0 amide bonds. The summed E-state index contributed by atoms with van der Waals surface area (Å²) in [5.41, 5.74) is 3.93. The fourth-order valence-corrected chi connectivity index (χ4v) is 1.72. The van der Waals surface area contributed by atoms with Crippen LogP contribution in [0, 0.1) is 6.92 Å². The molecule has 2 nitrogen and oxygen atoms in total. The molecule has 1 aromatic carbocycles. The Balaban J connectivity index is 1.71. The lowest BCUT2D eigenvalue weighted by Crippen LogP contribution is -2.16. The van der Waals surface area contributed by atoms with E-state index in [9.17, 15) is 0 Å². The van der Waals surface area contributed by atoms with E-state index >= 15 is 0 Å². The number of nitrogens with one attached hydrogen (secondary N) is 1. The third-order valence-electron chi connectivity index (χ3n) is 2.76. The first kappa shape index (κ1) is 11.8. The summed E-state index contributed by atoms with van der Waals surface area (Å²) in [6.45, 7) is 4.03. The van der Waals surface area contributed by atoms with Crippen LogP contribution in [0.25, 0.3) is 0 Å². The van der Waals surface area contributed by atoms with Crippen molar-refractivity contribution in [3.05, 3.63) is 65.5 Å². The van der Waals surface area contributed by atoms with Gasteiger partial charge in [-0.15, -0.1) is 0 Å². The van der Waals surface area contributed by atoms with Gasteiger partial charge in [-0.3, -0.25) is 4.98 Å². The molecule has 1 N–H and O–H groups in total. The van der Waals surface area contributed by atoms with Crippen LogP contribution in [-0.2, 0) is 13.0 Å². The maximum atomic E-state index is 4.10. The molecule has 0 atom stereocenters. The Morgan fingerprint density at radius 3 is 2.59 bits per heavy atom. The molecule has 0 saturated carbocycles. The highest BCUT2D eigenvalue weighted by Crippen LogP contribution is 2.02. The lowest BCUT2D eigenvalue weighted by atomic mass is 10.1. The van der Waals surface area contributed by atoms with E-state index in [0.29, 0.717) is 0 Å². The third kappa shape index (κ3) is 4.00. The molecule has 0 spiro atoms. The second-order valence-corrected chi connectivity index (χ2v) is 4.27. The van der Waals surface area contributed by atoms with Crippen molar-refractivity contribution in [2.75, 3.05) is 6.54 Å². The summed E-state index contributed by atoms with van der Waals surface area (Å²) in [5, 5.41) is 3.44. The van der Waals surface area contributed by atoms with E-state index < -0.39 is 0 Å². The molecule has 88 valence electrons. The zero-order valence-electron chi connectivity index (χ0n) is 10.2. The molecule has 1 aromatic heterocycles. The first-order valence-corrected chi connectivity index (χ1v) is 6.00. The van der Waals surface area contributed by atoms with Crippen molar-refractivity contribution in [2.24, 2.45) is 0 Å². The van der Waals surface area contributed by atoms with Gasteiger partial charge in [-0.2, -0.15) is 0 Å². The first-order chi connectivity index (χ1) is 8.34.